The van der Waals surface area contributed by atoms with E-state index in [0.29, 0.717) is 65.3 Å². The van der Waals surface area contributed by atoms with Crippen molar-refractivity contribution in [3.63, 3.8) is 0 Å². The van der Waals surface area contributed by atoms with Gasteiger partial charge in [-0.3, -0.25) is 9.59 Å². The van der Waals surface area contributed by atoms with Crippen molar-refractivity contribution in [2.24, 2.45) is 0 Å². The average Bonchev–Trinajstić information content (AvgIpc) is 3.09. The summed E-state index contributed by atoms with van der Waals surface area (Å²) in [4.78, 5) is 32.9. The Morgan fingerprint density at radius 2 is 1.56 bits per heavy atom. The number of imide groups is 1. The first-order chi connectivity index (χ1) is 15.6. The third-order valence-corrected chi connectivity index (χ3v) is 6.36. The van der Waals surface area contributed by atoms with Crippen molar-refractivity contribution in [1.29, 1.82) is 0 Å². The molecule has 2 amide bonds. The second-order valence-electron chi connectivity index (χ2n) is 7.93. The summed E-state index contributed by atoms with van der Waals surface area (Å²) in [5.74, 6) is 0.483. The molecule has 3 aliphatic heterocycles. The van der Waals surface area contributed by atoms with E-state index < -0.39 is 0 Å². The van der Waals surface area contributed by atoms with Crippen LogP contribution in [0.15, 0.2) is 48.2 Å². The van der Waals surface area contributed by atoms with Gasteiger partial charge in [-0.15, -0.1) is 0 Å². The summed E-state index contributed by atoms with van der Waals surface area (Å²) in [6, 6.07) is 12.2. The molecule has 0 spiro atoms. The zero-order chi connectivity index (χ0) is 22.2. The average molecular weight is 454 g/mol. The van der Waals surface area contributed by atoms with Gasteiger partial charge in [-0.25, -0.2) is 4.90 Å². The van der Waals surface area contributed by atoms with E-state index in [4.69, 9.17) is 21.1 Å². The van der Waals surface area contributed by atoms with Gasteiger partial charge in [-0.05, 0) is 36.4 Å². The molecule has 1 saturated heterocycles. The van der Waals surface area contributed by atoms with Gasteiger partial charge in [0.1, 0.15) is 18.9 Å². The summed E-state index contributed by atoms with van der Waals surface area (Å²) < 4.78 is 11.3. The maximum Gasteiger partial charge on any atom is 0.282 e. The Kier molecular flexibility index (Phi) is 5.53. The lowest BCUT2D eigenvalue weighted by Gasteiger charge is -2.36. The molecule has 166 valence electrons. The number of amides is 2. The van der Waals surface area contributed by atoms with E-state index in [1.807, 2.05) is 4.90 Å². The molecule has 0 aliphatic carbocycles. The Morgan fingerprint density at radius 3 is 2.25 bits per heavy atom. The van der Waals surface area contributed by atoms with E-state index in [1.54, 1.807) is 42.5 Å². The van der Waals surface area contributed by atoms with Crippen LogP contribution in [0.25, 0.3) is 5.57 Å². The number of halogens is 1. The van der Waals surface area contributed by atoms with Crippen molar-refractivity contribution < 1.29 is 19.1 Å². The predicted molar refractivity (Wildman–Crippen MR) is 122 cm³/mol. The van der Waals surface area contributed by atoms with Crippen LogP contribution in [0.2, 0.25) is 5.02 Å². The lowest BCUT2D eigenvalue weighted by molar-refractivity contribution is -0.120. The standard InChI is InChI=1S/C24H24ClN3O4/c1-2-26-9-11-27(12-10-26)22-21(16-3-5-17(25)6-4-16)23(29)28(24(22)30)18-7-8-19-20(15-18)32-14-13-31-19/h3-8,15H,2,9-14H2,1H3. The van der Waals surface area contributed by atoms with Crippen LogP contribution in [0, 0.1) is 0 Å². The Morgan fingerprint density at radius 1 is 0.875 bits per heavy atom. The quantitative estimate of drug-likeness (QED) is 0.663. The first kappa shape index (κ1) is 20.8. The lowest BCUT2D eigenvalue weighted by atomic mass is 10.0. The molecule has 5 rings (SSSR count). The van der Waals surface area contributed by atoms with Crippen molar-refractivity contribution in [2.75, 3.05) is 50.8 Å². The minimum atomic E-state index is -0.345. The predicted octanol–water partition coefficient (Wildman–Crippen LogP) is 3.03. The molecule has 0 radical (unpaired) electrons. The van der Waals surface area contributed by atoms with E-state index in [2.05, 4.69) is 11.8 Å². The van der Waals surface area contributed by atoms with Crippen molar-refractivity contribution in [1.82, 2.24) is 9.80 Å². The summed E-state index contributed by atoms with van der Waals surface area (Å²) in [6.07, 6.45) is 0. The molecule has 0 aromatic heterocycles. The van der Waals surface area contributed by atoms with Crippen LogP contribution in [-0.4, -0.2) is 67.6 Å². The van der Waals surface area contributed by atoms with Gasteiger partial charge >= 0.3 is 0 Å². The molecule has 0 saturated carbocycles. The topological polar surface area (TPSA) is 62.3 Å². The van der Waals surface area contributed by atoms with Gasteiger partial charge in [0, 0.05) is 37.3 Å². The van der Waals surface area contributed by atoms with Crippen molar-refractivity contribution in [2.45, 2.75) is 6.92 Å². The first-order valence-electron chi connectivity index (χ1n) is 10.8. The molecule has 2 aromatic carbocycles. The van der Waals surface area contributed by atoms with Crippen LogP contribution in [0.5, 0.6) is 11.5 Å². The fourth-order valence-electron chi connectivity index (χ4n) is 4.38. The van der Waals surface area contributed by atoms with Crippen LogP contribution in [0.1, 0.15) is 12.5 Å². The van der Waals surface area contributed by atoms with E-state index in [1.165, 1.54) is 4.90 Å². The maximum atomic E-state index is 13.7. The van der Waals surface area contributed by atoms with Gasteiger partial charge in [0.2, 0.25) is 0 Å². The molecule has 0 atom stereocenters. The highest BCUT2D eigenvalue weighted by atomic mass is 35.5. The van der Waals surface area contributed by atoms with Gasteiger partial charge < -0.3 is 19.3 Å². The van der Waals surface area contributed by atoms with Crippen molar-refractivity contribution in [3.05, 3.63) is 58.7 Å². The van der Waals surface area contributed by atoms with Gasteiger partial charge in [-0.1, -0.05) is 30.7 Å². The van der Waals surface area contributed by atoms with E-state index in [-0.39, 0.29) is 11.8 Å². The number of ether oxygens (including phenoxy) is 2. The monoisotopic (exact) mass is 453 g/mol. The van der Waals surface area contributed by atoms with Crippen LogP contribution in [0.4, 0.5) is 5.69 Å². The number of anilines is 1. The molecule has 0 bridgehead atoms. The Labute approximate surface area is 191 Å². The van der Waals surface area contributed by atoms with Gasteiger partial charge in [0.15, 0.2) is 11.5 Å². The largest absolute Gasteiger partial charge is 0.486 e. The van der Waals surface area contributed by atoms with Crippen LogP contribution < -0.4 is 14.4 Å². The van der Waals surface area contributed by atoms with Crippen molar-refractivity contribution in [3.8, 4) is 11.5 Å². The number of hydrogen-bond donors (Lipinski definition) is 0. The molecular weight excluding hydrogens is 430 g/mol. The zero-order valence-corrected chi connectivity index (χ0v) is 18.6. The normalized spacial score (nSPS) is 19.2. The van der Waals surface area contributed by atoms with Gasteiger partial charge in [-0.2, -0.15) is 0 Å². The Bertz CT molecular complexity index is 1090. The number of carbonyl (C=O) groups excluding carboxylic acids is 2. The molecule has 8 heteroatoms. The minimum absolute atomic E-state index is 0.318. The third kappa shape index (κ3) is 3.61. The lowest BCUT2D eigenvalue weighted by Crippen LogP contribution is -2.47. The van der Waals surface area contributed by atoms with E-state index in [9.17, 15) is 9.59 Å². The summed E-state index contributed by atoms with van der Waals surface area (Å²) in [5.41, 5.74) is 2.01. The highest BCUT2D eigenvalue weighted by Gasteiger charge is 2.43. The number of benzene rings is 2. The fourth-order valence-corrected chi connectivity index (χ4v) is 4.51. The van der Waals surface area contributed by atoms with Gasteiger partial charge in [0.05, 0.1) is 11.3 Å². The minimum Gasteiger partial charge on any atom is -0.486 e. The Balaban J connectivity index is 1.55. The fraction of sp³-hybridized carbons (Fsp3) is 0.333. The number of hydrogen-bond acceptors (Lipinski definition) is 6. The van der Waals surface area contributed by atoms with Crippen LogP contribution >= 0.6 is 11.6 Å². The summed E-state index contributed by atoms with van der Waals surface area (Å²) in [5, 5.41) is 0.577. The third-order valence-electron chi connectivity index (χ3n) is 6.11. The number of likely N-dealkylation sites (N-methyl/N-ethyl adjacent to an activating group) is 1. The second kappa shape index (κ2) is 8.48. The SMILES string of the molecule is CCN1CCN(C2=C(c3ccc(Cl)cc3)C(=O)N(c3ccc4c(c3)OCCO4)C2=O)CC1. The van der Waals surface area contributed by atoms with E-state index in [0.717, 1.165) is 19.6 Å². The zero-order valence-electron chi connectivity index (χ0n) is 17.8. The summed E-state index contributed by atoms with van der Waals surface area (Å²) in [6.45, 7) is 7.07. The number of rotatable bonds is 4. The first-order valence-corrected chi connectivity index (χ1v) is 11.2. The molecule has 2 aromatic rings. The molecule has 0 N–H and O–H groups in total. The molecule has 3 heterocycles. The van der Waals surface area contributed by atoms with Crippen LogP contribution in [0.3, 0.4) is 0 Å². The molecular formula is C24H24ClN3O4. The molecule has 32 heavy (non-hydrogen) atoms. The molecule has 7 nitrogen and oxygen atoms in total. The summed E-state index contributed by atoms with van der Waals surface area (Å²) in [7, 11) is 0. The Hall–Kier alpha value is -3.03. The highest BCUT2D eigenvalue weighted by Crippen LogP contribution is 2.39. The molecule has 1 fully saturated rings. The maximum absolute atomic E-state index is 13.7. The van der Waals surface area contributed by atoms with Gasteiger partial charge in [0.25, 0.3) is 11.8 Å². The number of nitrogens with zero attached hydrogens (tertiary/aromatic N) is 3. The number of carbonyl (C=O) groups is 2. The van der Waals surface area contributed by atoms with Crippen LogP contribution in [-0.2, 0) is 9.59 Å². The smallest absolute Gasteiger partial charge is 0.282 e. The molecule has 3 aliphatic rings. The highest BCUT2D eigenvalue weighted by molar-refractivity contribution is 6.45. The number of fused-ring (bicyclic) bond motifs is 1. The summed E-state index contributed by atoms with van der Waals surface area (Å²) >= 11 is 6.07. The van der Waals surface area contributed by atoms with Crippen molar-refractivity contribution >= 4 is 34.7 Å². The molecule has 0 unspecified atom stereocenters. The van der Waals surface area contributed by atoms with E-state index >= 15 is 0 Å². The second-order valence-corrected chi connectivity index (χ2v) is 8.36. The number of piperazine rings is 1.